The van der Waals surface area contributed by atoms with Crippen molar-refractivity contribution in [1.82, 2.24) is 19.8 Å². The fourth-order valence-electron chi connectivity index (χ4n) is 3.04. The van der Waals surface area contributed by atoms with Crippen LogP contribution < -0.4 is 5.73 Å². The number of ether oxygens (including phenoxy) is 1. The zero-order valence-electron chi connectivity index (χ0n) is 15.1. The van der Waals surface area contributed by atoms with Crippen LogP contribution in [0.25, 0.3) is 0 Å². The molecule has 0 spiro atoms. The summed E-state index contributed by atoms with van der Waals surface area (Å²) in [6.45, 7) is 7.14. The topological polar surface area (TPSA) is 99.4 Å². The van der Waals surface area contributed by atoms with Crippen LogP contribution in [0.1, 0.15) is 43.4 Å². The molecule has 1 fully saturated rings. The zero-order chi connectivity index (χ0) is 18.2. The van der Waals surface area contributed by atoms with Gasteiger partial charge in [-0.15, -0.1) is 0 Å². The Morgan fingerprint density at radius 2 is 2.24 bits per heavy atom. The standard InChI is InChI=1S/C17H25N5O3/c1-17(2,3)14-8-13(20-25-14)16(23)22-10-12(24-4)7-11(22)9-21-6-5-15(18)19-21/h5-6,8,11-12H,7,9-10H2,1-4H3,(H2,18,19)/t11-,12-/m0/s1. The van der Waals surface area contributed by atoms with Crippen molar-refractivity contribution in [3.8, 4) is 0 Å². The van der Waals surface area contributed by atoms with E-state index in [1.165, 1.54) is 0 Å². The highest BCUT2D eigenvalue weighted by Crippen LogP contribution is 2.26. The van der Waals surface area contributed by atoms with Crippen LogP contribution in [0.15, 0.2) is 22.9 Å². The van der Waals surface area contributed by atoms with Crippen molar-refractivity contribution >= 4 is 11.7 Å². The number of aromatic nitrogens is 3. The van der Waals surface area contributed by atoms with Crippen LogP contribution in [0, 0.1) is 0 Å². The normalized spacial score (nSPS) is 21.0. The Balaban J connectivity index is 1.79. The fraction of sp³-hybridized carbons (Fsp3) is 0.588. The minimum Gasteiger partial charge on any atom is -0.382 e. The first-order valence-corrected chi connectivity index (χ1v) is 8.38. The largest absolute Gasteiger partial charge is 0.382 e. The van der Waals surface area contributed by atoms with Crippen molar-refractivity contribution in [2.24, 2.45) is 0 Å². The number of nitrogens with two attached hydrogens (primary N) is 1. The maximum absolute atomic E-state index is 12.9. The molecule has 1 saturated heterocycles. The molecule has 2 N–H and O–H groups in total. The molecule has 3 rings (SSSR count). The minimum atomic E-state index is -0.197. The molecule has 136 valence electrons. The lowest BCUT2D eigenvalue weighted by Crippen LogP contribution is -2.38. The van der Waals surface area contributed by atoms with E-state index in [0.717, 1.165) is 6.42 Å². The van der Waals surface area contributed by atoms with Gasteiger partial charge >= 0.3 is 0 Å². The van der Waals surface area contributed by atoms with Gasteiger partial charge in [-0.05, 0) is 12.5 Å². The van der Waals surface area contributed by atoms with Crippen molar-refractivity contribution in [2.45, 2.75) is 51.3 Å². The summed E-state index contributed by atoms with van der Waals surface area (Å²) in [6.07, 6.45) is 2.55. The summed E-state index contributed by atoms with van der Waals surface area (Å²) in [4.78, 5) is 14.7. The second-order valence-corrected chi connectivity index (χ2v) is 7.49. The van der Waals surface area contributed by atoms with E-state index < -0.39 is 0 Å². The van der Waals surface area contributed by atoms with Gasteiger partial charge < -0.3 is 19.9 Å². The second kappa shape index (κ2) is 6.51. The third-order valence-corrected chi connectivity index (χ3v) is 4.50. The second-order valence-electron chi connectivity index (χ2n) is 7.49. The SMILES string of the molecule is CO[C@H]1C[C@@H](Cn2ccc(N)n2)N(C(=O)c2cc(C(C)(C)C)on2)C1. The van der Waals surface area contributed by atoms with E-state index in [-0.39, 0.29) is 23.5 Å². The molecule has 0 aromatic carbocycles. The fourth-order valence-corrected chi connectivity index (χ4v) is 3.04. The summed E-state index contributed by atoms with van der Waals surface area (Å²) in [5.41, 5.74) is 5.80. The third-order valence-electron chi connectivity index (χ3n) is 4.50. The van der Waals surface area contributed by atoms with Crippen molar-refractivity contribution in [3.63, 3.8) is 0 Å². The lowest BCUT2D eigenvalue weighted by Gasteiger charge is -2.23. The maximum atomic E-state index is 12.9. The number of rotatable bonds is 4. The Morgan fingerprint density at radius 3 is 2.80 bits per heavy atom. The summed E-state index contributed by atoms with van der Waals surface area (Å²) < 4.78 is 12.6. The number of likely N-dealkylation sites (tertiary alicyclic amines) is 1. The highest BCUT2D eigenvalue weighted by atomic mass is 16.5. The van der Waals surface area contributed by atoms with Gasteiger partial charge in [0, 0.05) is 31.3 Å². The van der Waals surface area contributed by atoms with Gasteiger partial charge in [-0.2, -0.15) is 5.10 Å². The van der Waals surface area contributed by atoms with Gasteiger partial charge in [0.1, 0.15) is 11.6 Å². The van der Waals surface area contributed by atoms with E-state index in [0.29, 0.717) is 30.4 Å². The molecule has 1 amide bonds. The van der Waals surface area contributed by atoms with Crippen molar-refractivity contribution in [3.05, 3.63) is 29.8 Å². The molecule has 2 aromatic rings. The third kappa shape index (κ3) is 3.68. The quantitative estimate of drug-likeness (QED) is 0.903. The molecular formula is C17H25N5O3. The van der Waals surface area contributed by atoms with Crippen LogP contribution >= 0.6 is 0 Å². The Hall–Kier alpha value is -2.35. The first-order valence-electron chi connectivity index (χ1n) is 8.38. The van der Waals surface area contributed by atoms with Gasteiger partial charge in [0.25, 0.3) is 5.91 Å². The Morgan fingerprint density at radius 1 is 1.48 bits per heavy atom. The van der Waals surface area contributed by atoms with Gasteiger partial charge in [0.15, 0.2) is 5.69 Å². The number of nitrogen functional groups attached to an aromatic ring is 1. The molecule has 0 radical (unpaired) electrons. The predicted molar refractivity (Wildman–Crippen MR) is 92.1 cm³/mol. The molecule has 25 heavy (non-hydrogen) atoms. The number of nitrogens with zero attached hydrogens (tertiary/aromatic N) is 4. The molecule has 2 aromatic heterocycles. The number of hydrogen-bond acceptors (Lipinski definition) is 6. The van der Waals surface area contributed by atoms with Crippen LogP contribution in [-0.2, 0) is 16.7 Å². The molecule has 0 saturated carbocycles. The molecular weight excluding hydrogens is 322 g/mol. The molecule has 1 aliphatic heterocycles. The number of carbonyl (C=O) groups is 1. The predicted octanol–water partition coefficient (Wildman–Crippen LogP) is 1.68. The number of hydrogen-bond donors (Lipinski definition) is 1. The van der Waals surface area contributed by atoms with E-state index in [1.54, 1.807) is 28.8 Å². The molecule has 8 nitrogen and oxygen atoms in total. The zero-order valence-corrected chi connectivity index (χ0v) is 15.1. The first-order chi connectivity index (χ1) is 11.8. The Kier molecular flexibility index (Phi) is 4.55. The summed E-state index contributed by atoms with van der Waals surface area (Å²) in [7, 11) is 1.66. The van der Waals surface area contributed by atoms with Gasteiger partial charge in [-0.3, -0.25) is 9.48 Å². The number of carbonyl (C=O) groups excluding carboxylic acids is 1. The molecule has 3 heterocycles. The van der Waals surface area contributed by atoms with E-state index in [1.807, 2.05) is 27.0 Å². The van der Waals surface area contributed by atoms with E-state index >= 15 is 0 Å². The first kappa shape index (κ1) is 17.5. The average molecular weight is 347 g/mol. The minimum absolute atomic E-state index is 0.00385. The van der Waals surface area contributed by atoms with Crippen LogP contribution in [0.5, 0.6) is 0 Å². The molecule has 0 aliphatic carbocycles. The van der Waals surface area contributed by atoms with Crippen LogP contribution in [-0.4, -0.2) is 51.5 Å². The molecule has 8 heteroatoms. The monoisotopic (exact) mass is 347 g/mol. The molecule has 0 bridgehead atoms. The van der Waals surface area contributed by atoms with Gasteiger partial charge in [0.2, 0.25) is 0 Å². The van der Waals surface area contributed by atoms with Crippen molar-refractivity contribution < 1.29 is 14.1 Å². The maximum Gasteiger partial charge on any atom is 0.276 e. The van der Waals surface area contributed by atoms with Crippen molar-refractivity contribution in [1.29, 1.82) is 0 Å². The number of methoxy groups -OCH3 is 1. The van der Waals surface area contributed by atoms with Gasteiger partial charge in [-0.25, -0.2) is 0 Å². The van der Waals surface area contributed by atoms with Crippen molar-refractivity contribution in [2.75, 3.05) is 19.4 Å². The summed E-state index contributed by atoms with van der Waals surface area (Å²) in [5.74, 6) is 1.00. The summed E-state index contributed by atoms with van der Waals surface area (Å²) in [5, 5.41) is 8.18. The Bertz CT molecular complexity index is 746. The van der Waals surface area contributed by atoms with E-state index in [2.05, 4.69) is 10.3 Å². The summed E-state index contributed by atoms with van der Waals surface area (Å²) in [6, 6.07) is 3.43. The molecule has 1 aliphatic rings. The lowest BCUT2D eigenvalue weighted by atomic mass is 9.93. The highest BCUT2D eigenvalue weighted by Gasteiger charge is 2.37. The number of anilines is 1. The van der Waals surface area contributed by atoms with Gasteiger partial charge in [-0.1, -0.05) is 25.9 Å². The average Bonchev–Trinajstić information content (AvgIpc) is 3.26. The Labute approximate surface area is 146 Å². The van der Waals surface area contributed by atoms with Crippen LogP contribution in [0.2, 0.25) is 0 Å². The summed E-state index contributed by atoms with van der Waals surface area (Å²) >= 11 is 0. The van der Waals surface area contributed by atoms with Crippen LogP contribution in [0.4, 0.5) is 5.82 Å². The van der Waals surface area contributed by atoms with E-state index in [9.17, 15) is 4.79 Å². The smallest absolute Gasteiger partial charge is 0.276 e. The van der Waals surface area contributed by atoms with Gasteiger partial charge in [0.05, 0.1) is 18.7 Å². The number of amides is 1. The highest BCUT2D eigenvalue weighted by molar-refractivity contribution is 5.92. The van der Waals surface area contributed by atoms with E-state index in [4.69, 9.17) is 15.0 Å². The van der Waals surface area contributed by atoms with Crippen LogP contribution in [0.3, 0.4) is 0 Å². The molecule has 2 atom stereocenters. The molecule has 0 unspecified atom stereocenters. The lowest BCUT2D eigenvalue weighted by molar-refractivity contribution is 0.0668.